The maximum Gasteiger partial charge on any atom is 0.346 e. The van der Waals surface area contributed by atoms with Crippen molar-refractivity contribution in [3.8, 4) is 5.75 Å². The standard InChI is InChI=1S/C14H9ClFNO6S/c1-24(21,22)9-3-4-12(16)10(7-9)14(18)23-8-2-5-13(17(19)20)11(15)6-8/h2-7H,1H3. The third-order valence-electron chi connectivity index (χ3n) is 2.91. The van der Waals surface area contributed by atoms with Crippen LogP contribution in [-0.2, 0) is 9.84 Å². The van der Waals surface area contributed by atoms with Crippen molar-refractivity contribution in [2.45, 2.75) is 4.90 Å². The summed E-state index contributed by atoms with van der Waals surface area (Å²) in [6.45, 7) is 0. The van der Waals surface area contributed by atoms with E-state index >= 15 is 0 Å². The Kier molecular flexibility index (Phi) is 4.86. The molecule has 0 radical (unpaired) electrons. The minimum atomic E-state index is -3.64. The van der Waals surface area contributed by atoms with Crippen LogP contribution in [0.25, 0.3) is 0 Å². The number of ether oxygens (including phenoxy) is 1. The van der Waals surface area contributed by atoms with Gasteiger partial charge in [-0.05, 0) is 24.3 Å². The van der Waals surface area contributed by atoms with Crippen molar-refractivity contribution < 1.29 is 27.3 Å². The van der Waals surface area contributed by atoms with Gasteiger partial charge in [0.2, 0.25) is 0 Å². The lowest BCUT2D eigenvalue weighted by atomic mass is 10.2. The second kappa shape index (κ2) is 6.54. The van der Waals surface area contributed by atoms with E-state index < -0.39 is 32.1 Å². The highest BCUT2D eigenvalue weighted by atomic mass is 35.5. The van der Waals surface area contributed by atoms with Gasteiger partial charge in [-0.15, -0.1) is 0 Å². The van der Waals surface area contributed by atoms with Crippen LogP contribution in [0, 0.1) is 15.9 Å². The van der Waals surface area contributed by atoms with E-state index in [1.54, 1.807) is 0 Å². The zero-order valence-corrected chi connectivity index (χ0v) is 13.6. The Morgan fingerprint density at radius 3 is 2.46 bits per heavy atom. The van der Waals surface area contributed by atoms with Gasteiger partial charge in [-0.2, -0.15) is 0 Å². The van der Waals surface area contributed by atoms with E-state index in [4.69, 9.17) is 16.3 Å². The zero-order valence-electron chi connectivity index (χ0n) is 12.0. The van der Waals surface area contributed by atoms with Crippen LogP contribution in [-0.4, -0.2) is 25.6 Å². The van der Waals surface area contributed by atoms with Gasteiger partial charge in [0.25, 0.3) is 5.69 Å². The number of hydrogen-bond acceptors (Lipinski definition) is 6. The van der Waals surface area contributed by atoms with Crippen molar-refractivity contribution in [3.05, 3.63) is 62.9 Å². The smallest absolute Gasteiger partial charge is 0.346 e. The average Bonchev–Trinajstić information content (AvgIpc) is 2.45. The molecule has 0 heterocycles. The second-order valence-electron chi connectivity index (χ2n) is 4.67. The summed E-state index contributed by atoms with van der Waals surface area (Å²) < 4.78 is 41.6. The number of hydrogen-bond donors (Lipinski definition) is 0. The Balaban J connectivity index is 2.34. The third kappa shape index (κ3) is 3.87. The van der Waals surface area contributed by atoms with Crippen molar-refractivity contribution in [2.75, 3.05) is 6.26 Å². The normalized spacial score (nSPS) is 11.1. The minimum absolute atomic E-state index is 0.153. The SMILES string of the molecule is CS(=O)(=O)c1ccc(F)c(C(=O)Oc2ccc([N+](=O)[O-])c(Cl)c2)c1. The van der Waals surface area contributed by atoms with Crippen molar-refractivity contribution >= 4 is 33.1 Å². The number of rotatable bonds is 4. The molecule has 0 unspecified atom stereocenters. The molecule has 0 aliphatic carbocycles. The lowest BCUT2D eigenvalue weighted by Crippen LogP contribution is -2.12. The Morgan fingerprint density at radius 1 is 1.25 bits per heavy atom. The lowest BCUT2D eigenvalue weighted by Gasteiger charge is -2.07. The summed E-state index contributed by atoms with van der Waals surface area (Å²) in [4.78, 5) is 21.7. The molecule has 2 rings (SSSR count). The highest BCUT2D eigenvalue weighted by molar-refractivity contribution is 7.90. The Bertz CT molecular complexity index is 944. The molecule has 0 bridgehead atoms. The first-order valence-electron chi connectivity index (χ1n) is 6.25. The molecule has 2 aromatic rings. The van der Waals surface area contributed by atoms with Gasteiger partial charge in [0.05, 0.1) is 15.4 Å². The van der Waals surface area contributed by atoms with Crippen LogP contribution in [0.1, 0.15) is 10.4 Å². The van der Waals surface area contributed by atoms with E-state index in [0.29, 0.717) is 0 Å². The molecule has 24 heavy (non-hydrogen) atoms. The summed E-state index contributed by atoms with van der Waals surface area (Å²) in [6.07, 6.45) is 0.908. The van der Waals surface area contributed by atoms with Gasteiger partial charge in [0.1, 0.15) is 16.6 Å². The molecule has 2 aromatic carbocycles. The number of carbonyl (C=O) groups excluding carboxylic acids is 1. The predicted molar refractivity (Wildman–Crippen MR) is 82.6 cm³/mol. The van der Waals surface area contributed by atoms with Crippen molar-refractivity contribution in [2.24, 2.45) is 0 Å². The number of nitro benzene ring substituents is 1. The van der Waals surface area contributed by atoms with E-state index in [2.05, 4.69) is 0 Å². The van der Waals surface area contributed by atoms with Crippen molar-refractivity contribution in [3.63, 3.8) is 0 Å². The number of benzene rings is 2. The van der Waals surface area contributed by atoms with Gasteiger partial charge in [0.15, 0.2) is 9.84 Å². The molecule has 0 aliphatic heterocycles. The lowest BCUT2D eigenvalue weighted by molar-refractivity contribution is -0.384. The Labute approximate surface area is 140 Å². The van der Waals surface area contributed by atoms with Crippen LogP contribution in [0.15, 0.2) is 41.3 Å². The maximum absolute atomic E-state index is 13.7. The second-order valence-corrected chi connectivity index (χ2v) is 7.10. The van der Waals surface area contributed by atoms with Gasteiger partial charge in [-0.3, -0.25) is 10.1 Å². The summed E-state index contributed by atoms with van der Waals surface area (Å²) in [6, 6.07) is 5.85. The van der Waals surface area contributed by atoms with E-state index in [1.165, 1.54) is 0 Å². The fraction of sp³-hybridized carbons (Fsp3) is 0.0714. The maximum atomic E-state index is 13.7. The summed E-state index contributed by atoms with van der Waals surface area (Å²) in [5.41, 5.74) is -0.978. The summed E-state index contributed by atoms with van der Waals surface area (Å²) in [5.74, 6) is -2.29. The highest BCUT2D eigenvalue weighted by Crippen LogP contribution is 2.29. The first-order chi connectivity index (χ1) is 11.1. The van der Waals surface area contributed by atoms with Crippen LogP contribution in [0.5, 0.6) is 5.75 Å². The predicted octanol–water partition coefficient (Wildman–Crippen LogP) is 3.01. The van der Waals surface area contributed by atoms with Gasteiger partial charge in [-0.25, -0.2) is 17.6 Å². The van der Waals surface area contributed by atoms with E-state index in [-0.39, 0.29) is 21.4 Å². The van der Waals surface area contributed by atoms with Crippen LogP contribution in [0.4, 0.5) is 10.1 Å². The molecule has 0 saturated heterocycles. The van der Waals surface area contributed by atoms with Gasteiger partial charge < -0.3 is 4.74 Å². The fourth-order valence-corrected chi connectivity index (χ4v) is 2.64. The first-order valence-corrected chi connectivity index (χ1v) is 8.52. The first kappa shape index (κ1) is 17.8. The molecular formula is C14H9ClFNO6S. The van der Waals surface area contributed by atoms with E-state index in [9.17, 15) is 27.7 Å². The monoisotopic (exact) mass is 373 g/mol. The molecule has 126 valence electrons. The van der Waals surface area contributed by atoms with Gasteiger partial charge in [-0.1, -0.05) is 11.6 Å². The summed E-state index contributed by atoms with van der Waals surface area (Å²) in [7, 11) is -3.64. The molecular weight excluding hydrogens is 365 g/mol. The number of carbonyl (C=O) groups is 1. The molecule has 0 amide bonds. The van der Waals surface area contributed by atoms with Crippen LogP contribution >= 0.6 is 11.6 Å². The minimum Gasteiger partial charge on any atom is -0.423 e. The van der Waals surface area contributed by atoms with E-state index in [0.717, 1.165) is 42.7 Å². The Morgan fingerprint density at radius 2 is 1.92 bits per heavy atom. The van der Waals surface area contributed by atoms with Crippen LogP contribution in [0.3, 0.4) is 0 Å². The molecule has 0 saturated carbocycles. The zero-order chi connectivity index (χ0) is 18.1. The summed E-state index contributed by atoms with van der Waals surface area (Å²) in [5, 5.41) is 10.4. The molecule has 0 atom stereocenters. The molecule has 0 fully saturated rings. The molecule has 0 spiro atoms. The molecule has 0 N–H and O–H groups in total. The number of sulfone groups is 1. The van der Waals surface area contributed by atoms with Gasteiger partial charge in [0, 0.05) is 18.4 Å². The molecule has 7 nitrogen and oxygen atoms in total. The Hall–Kier alpha value is -2.52. The average molecular weight is 374 g/mol. The largest absolute Gasteiger partial charge is 0.423 e. The third-order valence-corrected chi connectivity index (χ3v) is 4.33. The summed E-state index contributed by atoms with van der Waals surface area (Å²) >= 11 is 5.68. The molecule has 0 aromatic heterocycles. The van der Waals surface area contributed by atoms with Gasteiger partial charge >= 0.3 is 5.97 Å². The van der Waals surface area contributed by atoms with Crippen LogP contribution < -0.4 is 4.74 Å². The fourth-order valence-electron chi connectivity index (χ4n) is 1.75. The topological polar surface area (TPSA) is 104 Å². The molecule has 0 aliphatic rings. The van der Waals surface area contributed by atoms with Crippen molar-refractivity contribution in [1.82, 2.24) is 0 Å². The quantitative estimate of drug-likeness (QED) is 0.268. The number of halogens is 2. The molecule has 10 heteroatoms. The number of esters is 1. The van der Waals surface area contributed by atoms with E-state index in [1.807, 2.05) is 0 Å². The number of nitrogens with zero attached hydrogens (tertiary/aromatic N) is 1. The number of nitro groups is 1. The van der Waals surface area contributed by atoms with Crippen LogP contribution in [0.2, 0.25) is 5.02 Å². The highest BCUT2D eigenvalue weighted by Gasteiger charge is 2.20. The van der Waals surface area contributed by atoms with Crippen molar-refractivity contribution in [1.29, 1.82) is 0 Å².